The second kappa shape index (κ2) is 24.6. The second-order valence-corrected chi connectivity index (χ2v) is 27.1. The third kappa shape index (κ3) is 12.9. The van der Waals surface area contributed by atoms with Crippen LogP contribution >= 0.6 is 0 Å². The molecule has 0 aromatic heterocycles. The van der Waals surface area contributed by atoms with Crippen molar-refractivity contribution in [1.82, 2.24) is 5.32 Å². The number of esters is 2. The zero-order chi connectivity index (χ0) is 63.3. The molecule has 4 fully saturated rings. The van der Waals surface area contributed by atoms with E-state index in [1.54, 1.807) is 6.92 Å². The maximum absolute atomic E-state index is 14.1. The van der Waals surface area contributed by atoms with E-state index in [9.17, 15) is 24.6 Å². The van der Waals surface area contributed by atoms with Crippen molar-refractivity contribution in [2.45, 2.75) is 198 Å². The van der Waals surface area contributed by atoms with Crippen molar-refractivity contribution in [3.63, 3.8) is 0 Å². The fourth-order valence-electron chi connectivity index (χ4n) is 14.7. The molecule has 3 N–H and O–H groups in total. The smallest absolute Gasteiger partial charge is 0.306 e. The van der Waals surface area contributed by atoms with Gasteiger partial charge < -0.3 is 29.7 Å². The molecule has 3 aliphatic carbocycles. The lowest BCUT2D eigenvalue weighted by Gasteiger charge is -2.44. The normalized spacial score (nSPS) is 29.6. The summed E-state index contributed by atoms with van der Waals surface area (Å²) in [6.45, 7) is 36.2. The maximum atomic E-state index is 14.1. The number of rotatable bonds is 17. The number of ketones is 1. The molecule has 0 aromatic rings. The topological polar surface area (TPSA) is 172 Å². The number of nitrogens with one attached hydrogen (secondary N) is 1. The standard InChI is InChI=1S/C75H90N4O8/c1-18-54-47(7)58-35-60-49(9)56(69(78-60)57-34-64(81)68-50(10)61(79-70(57)68)37-63-55(19-2)48(8)59(77-63)36-62(54)76-58)31-33-67(83)86-53-39-72(14,15)75(74(17,41-53)87-75)42-65(82)46(6)29-23-28-44(4)25-21-20-24-43(3)26-22-27-45(5)30-32-66-71(12,13)38-52(85-51(11)80)40-73(66,16)84/h18,20-30,35-37,49,52-53,56,78,81,84H,1,19,31,33-34,38-42H2,2-17H3/b21-20+,26-22+,28-23+,43-24+,44-25+,45-27+,46-29+,60-35?,62-36?,63-37?,69-57?/t32?,49?,52-,53-,56?,73+,74+,75-/m0/s1. The van der Waals surface area contributed by atoms with Gasteiger partial charge in [-0.1, -0.05) is 126 Å². The second-order valence-electron chi connectivity index (χ2n) is 27.1. The third-order valence-electron chi connectivity index (χ3n) is 19.4. The van der Waals surface area contributed by atoms with Crippen LogP contribution in [0.25, 0.3) is 0 Å². The van der Waals surface area contributed by atoms with Crippen molar-refractivity contribution in [3.05, 3.63) is 205 Å². The number of aliphatic imine (C=N–C) groups is 3. The molecule has 2 unspecified atom stereocenters. The van der Waals surface area contributed by atoms with Crippen LogP contribution in [0.15, 0.2) is 220 Å². The van der Waals surface area contributed by atoms with Crippen molar-refractivity contribution >= 4 is 34.9 Å². The Morgan fingerprint density at radius 3 is 2.08 bits per heavy atom. The first-order chi connectivity index (χ1) is 40.9. The number of Topliss-reactive ketones (excluding diaryl/α,β-unsaturated/α-hetero) is 1. The number of aliphatic hydroxyl groups is 2. The van der Waals surface area contributed by atoms with E-state index < -0.39 is 22.2 Å². The summed E-state index contributed by atoms with van der Waals surface area (Å²) >= 11 is 0. The Balaban J connectivity index is 0.805. The molecule has 6 heterocycles. The van der Waals surface area contributed by atoms with Gasteiger partial charge in [-0.3, -0.25) is 14.4 Å². The third-order valence-corrected chi connectivity index (χ3v) is 19.4. The van der Waals surface area contributed by atoms with E-state index in [0.717, 1.165) is 113 Å². The molecule has 0 radical (unpaired) electrons. The minimum atomic E-state index is -1.13. The fourth-order valence-corrected chi connectivity index (χ4v) is 14.7. The zero-order valence-corrected chi connectivity index (χ0v) is 54.2. The van der Waals surface area contributed by atoms with Crippen molar-refractivity contribution in [2.75, 3.05) is 0 Å². The summed E-state index contributed by atoms with van der Waals surface area (Å²) in [5.41, 5.74) is 18.3. The minimum Gasteiger partial charge on any atom is -0.511 e. The zero-order valence-electron chi connectivity index (χ0n) is 54.2. The van der Waals surface area contributed by atoms with Crippen LogP contribution in [0.5, 0.6) is 0 Å². The van der Waals surface area contributed by atoms with Gasteiger partial charge in [-0.2, -0.15) is 0 Å². The fraction of sp³-hybridized carbons (Fsp3) is 0.453. The van der Waals surface area contributed by atoms with Gasteiger partial charge in [-0.25, -0.2) is 15.0 Å². The summed E-state index contributed by atoms with van der Waals surface area (Å²) in [5, 5.41) is 26.7. The van der Waals surface area contributed by atoms with E-state index in [2.05, 4.69) is 78.2 Å². The van der Waals surface area contributed by atoms with Crippen molar-refractivity contribution in [2.24, 2.45) is 37.6 Å². The molecule has 2 saturated heterocycles. The van der Waals surface area contributed by atoms with Gasteiger partial charge in [0, 0.05) is 90.0 Å². The highest BCUT2D eigenvalue weighted by Gasteiger charge is 2.76. The predicted molar refractivity (Wildman–Crippen MR) is 349 cm³/mol. The molecule has 12 nitrogen and oxygen atoms in total. The van der Waals surface area contributed by atoms with Crippen LogP contribution < -0.4 is 5.32 Å². The van der Waals surface area contributed by atoms with Gasteiger partial charge in [0.2, 0.25) is 0 Å². The highest BCUT2D eigenvalue weighted by atomic mass is 16.6. The number of allylic oxidation sites excluding steroid dienone is 26. The largest absolute Gasteiger partial charge is 0.511 e. The molecule has 8 bridgehead atoms. The lowest BCUT2D eigenvalue weighted by Crippen LogP contribution is -2.49. The summed E-state index contributed by atoms with van der Waals surface area (Å²) in [4.78, 5) is 55.1. The van der Waals surface area contributed by atoms with Crippen LogP contribution in [0, 0.1) is 22.7 Å². The molecule has 7 atom stereocenters. The Bertz CT molecular complexity index is 3670. The van der Waals surface area contributed by atoms with Crippen molar-refractivity contribution < 1.29 is 38.8 Å². The molecule has 9 aliphatic rings. The van der Waals surface area contributed by atoms with Crippen molar-refractivity contribution in [1.29, 1.82) is 0 Å². The first-order valence-corrected chi connectivity index (χ1v) is 31.0. The Hall–Kier alpha value is -7.50. The molecular weight excluding hydrogens is 1080 g/mol. The van der Waals surface area contributed by atoms with Crippen LogP contribution in [0.4, 0.5) is 0 Å². The molecule has 2 saturated carbocycles. The van der Waals surface area contributed by atoms with E-state index in [0.29, 0.717) is 49.9 Å². The lowest BCUT2D eigenvalue weighted by atomic mass is 9.61. The molecule has 87 heavy (non-hydrogen) atoms. The van der Waals surface area contributed by atoms with Crippen LogP contribution in [-0.4, -0.2) is 74.1 Å². The van der Waals surface area contributed by atoms with E-state index >= 15 is 0 Å². The van der Waals surface area contributed by atoms with Crippen LogP contribution in [0.2, 0.25) is 0 Å². The number of aliphatic hydroxyl groups excluding tert-OH is 1. The summed E-state index contributed by atoms with van der Waals surface area (Å²) in [6.07, 6.45) is 33.2. The first-order valence-electron chi connectivity index (χ1n) is 31.0. The average Bonchev–Trinajstić information content (AvgIpc) is 1.51. The monoisotopic (exact) mass is 1170 g/mol. The molecule has 6 aliphatic heterocycles. The number of fused-ring (bicyclic) bond motifs is 6. The van der Waals surface area contributed by atoms with Crippen LogP contribution in [-0.2, 0) is 28.6 Å². The van der Waals surface area contributed by atoms with Gasteiger partial charge in [-0.15, -0.1) is 5.73 Å². The van der Waals surface area contributed by atoms with Crippen molar-refractivity contribution in [3.8, 4) is 0 Å². The van der Waals surface area contributed by atoms with Gasteiger partial charge in [-0.05, 0) is 151 Å². The van der Waals surface area contributed by atoms with E-state index in [1.807, 2.05) is 127 Å². The first kappa shape index (κ1) is 64.0. The molecule has 12 heteroatoms. The summed E-state index contributed by atoms with van der Waals surface area (Å²) in [5.74, 6) is -0.417. The molecule has 0 aromatic carbocycles. The molecular formula is C75H90N4O8. The number of hydrogen-bond acceptors (Lipinski definition) is 12. The molecule has 458 valence electrons. The quantitative estimate of drug-likeness (QED) is 0.0421. The predicted octanol–water partition coefficient (Wildman–Crippen LogP) is 15.9. The number of hydrogen-bond donors (Lipinski definition) is 3. The number of ether oxygens (including phenoxy) is 3. The van der Waals surface area contributed by atoms with E-state index in [4.69, 9.17) is 29.2 Å². The Kier molecular flexibility index (Phi) is 18.1. The highest BCUT2D eigenvalue weighted by molar-refractivity contribution is 6.21. The number of carbonyl (C=O) groups excluding carboxylic acids is 3. The van der Waals surface area contributed by atoms with Gasteiger partial charge in [0.1, 0.15) is 23.6 Å². The lowest BCUT2D eigenvalue weighted by molar-refractivity contribution is -0.154. The summed E-state index contributed by atoms with van der Waals surface area (Å²) < 4.78 is 18.5. The van der Waals surface area contributed by atoms with Gasteiger partial charge in [0.25, 0.3) is 0 Å². The van der Waals surface area contributed by atoms with Gasteiger partial charge in [0.05, 0.1) is 45.4 Å². The summed E-state index contributed by atoms with van der Waals surface area (Å²) in [6, 6.07) is 0. The Morgan fingerprint density at radius 1 is 0.793 bits per heavy atom. The molecule has 9 rings (SSSR count). The van der Waals surface area contributed by atoms with Gasteiger partial charge in [0.15, 0.2) is 5.78 Å². The summed E-state index contributed by atoms with van der Waals surface area (Å²) in [7, 11) is 0. The van der Waals surface area contributed by atoms with Crippen LogP contribution in [0.3, 0.4) is 0 Å². The number of epoxide rings is 1. The Morgan fingerprint density at radius 2 is 1.44 bits per heavy atom. The maximum Gasteiger partial charge on any atom is 0.306 e. The molecule has 0 spiro atoms. The van der Waals surface area contributed by atoms with Crippen LogP contribution in [0.1, 0.15) is 169 Å². The van der Waals surface area contributed by atoms with E-state index in [1.165, 1.54) is 6.92 Å². The number of nitrogens with zero attached hydrogens (tertiary/aromatic N) is 3. The van der Waals surface area contributed by atoms with Gasteiger partial charge >= 0.3 is 11.9 Å². The SMILES string of the molecule is C=CC1=C(C)C2=NC1=CC1=NC(=CC3=C(C)C4=C(O)CC(=C5NC(=C2)C(C)C5CCC(=O)O[C@H]2CC(C)(C)[C@]5(CC(=O)/C(C)=C/C=C/C(C)=C/C=C/C=C(C)/C=C/C=C(\C)C=C=C6C(C)(C)C[C@H](OC(C)=O)C[C@@]6(C)O)O[C@]5(C)C2)C4=N3)C(CC)=C1C. The highest BCUT2D eigenvalue weighted by Crippen LogP contribution is 2.67. The van der Waals surface area contributed by atoms with E-state index in [-0.39, 0.29) is 60.0 Å². The molecule has 0 amide bonds. The number of carbonyl (C=O) groups is 3. The Labute approximate surface area is 516 Å². The average molecular weight is 1180 g/mol. The minimum absolute atomic E-state index is 0.0238.